The molecular formula is C44H30N5+. The molecule has 0 radical (unpaired) electrons. The summed E-state index contributed by atoms with van der Waals surface area (Å²) in [4.78, 5) is 1.96. The van der Waals surface area contributed by atoms with Gasteiger partial charge in [-0.25, -0.2) is 0 Å². The van der Waals surface area contributed by atoms with Gasteiger partial charge >= 0.3 is 0 Å². The SMILES string of the molecule is c1ccc(-n2c3ccccc3c3ccc4c5ccccc5n(-c5ccc(-c6cn[n+](-c7ccccc7)n6-c6ccccc6)cc5)c4c32)cc1. The minimum atomic E-state index is 0.998. The molecule has 49 heavy (non-hydrogen) atoms. The average molecular weight is 629 g/mol. The third-order valence-corrected chi connectivity index (χ3v) is 9.60. The molecule has 3 aromatic heterocycles. The molecule has 0 aliphatic heterocycles. The smallest absolute Gasteiger partial charge is 0.266 e. The van der Waals surface area contributed by atoms with Crippen molar-refractivity contribution >= 4 is 43.6 Å². The van der Waals surface area contributed by atoms with E-state index in [9.17, 15) is 0 Å². The number of hydrogen-bond donors (Lipinski definition) is 0. The molecule has 0 aliphatic carbocycles. The zero-order chi connectivity index (χ0) is 32.3. The van der Waals surface area contributed by atoms with Crippen LogP contribution in [-0.4, -0.2) is 18.9 Å². The van der Waals surface area contributed by atoms with Crippen molar-refractivity contribution in [2.45, 2.75) is 0 Å². The van der Waals surface area contributed by atoms with Crippen molar-refractivity contribution in [1.29, 1.82) is 0 Å². The molecule has 5 nitrogen and oxygen atoms in total. The normalized spacial score (nSPS) is 11.7. The number of para-hydroxylation sites is 5. The fourth-order valence-electron chi connectivity index (χ4n) is 7.47. The number of benzene rings is 7. The van der Waals surface area contributed by atoms with E-state index in [2.05, 4.69) is 165 Å². The van der Waals surface area contributed by atoms with Crippen LogP contribution in [0.15, 0.2) is 182 Å². The first-order valence-corrected chi connectivity index (χ1v) is 16.6. The Morgan fingerprint density at radius 1 is 0.388 bits per heavy atom. The minimum absolute atomic E-state index is 0.998. The summed E-state index contributed by atoms with van der Waals surface area (Å²) >= 11 is 0. The third kappa shape index (κ3) is 4.19. The molecule has 0 fully saturated rings. The van der Waals surface area contributed by atoms with Crippen molar-refractivity contribution in [3.05, 3.63) is 182 Å². The van der Waals surface area contributed by atoms with Crippen LogP contribution >= 0.6 is 0 Å². The maximum Gasteiger partial charge on any atom is 0.266 e. The second kappa shape index (κ2) is 10.9. The van der Waals surface area contributed by atoms with Crippen molar-refractivity contribution in [3.8, 4) is 34.0 Å². The number of aromatic nitrogens is 5. The van der Waals surface area contributed by atoms with Crippen LogP contribution in [0.4, 0.5) is 0 Å². The van der Waals surface area contributed by atoms with Crippen LogP contribution < -0.4 is 4.80 Å². The van der Waals surface area contributed by atoms with Gasteiger partial charge in [0.15, 0.2) is 0 Å². The largest absolute Gasteiger partial charge is 0.307 e. The maximum absolute atomic E-state index is 4.86. The molecule has 0 bridgehead atoms. The van der Waals surface area contributed by atoms with Gasteiger partial charge in [0, 0.05) is 60.5 Å². The van der Waals surface area contributed by atoms with Gasteiger partial charge in [0.2, 0.25) is 0 Å². The average Bonchev–Trinajstić information content (AvgIpc) is 3.87. The summed E-state index contributed by atoms with van der Waals surface area (Å²) in [6.07, 6.45) is 1.96. The van der Waals surface area contributed by atoms with Crippen molar-refractivity contribution < 1.29 is 4.80 Å². The van der Waals surface area contributed by atoms with Crippen LogP contribution in [0.25, 0.3) is 77.6 Å². The second-order valence-electron chi connectivity index (χ2n) is 12.3. The van der Waals surface area contributed by atoms with E-state index in [1.165, 1.54) is 43.6 Å². The summed E-state index contributed by atoms with van der Waals surface area (Å²) in [5.41, 5.74) is 11.2. The van der Waals surface area contributed by atoms with Crippen LogP contribution in [0.5, 0.6) is 0 Å². The Bertz CT molecular complexity index is 2790. The van der Waals surface area contributed by atoms with Gasteiger partial charge in [0.1, 0.15) is 17.6 Å². The first-order valence-electron chi connectivity index (χ1n) is 16.6. The molecule has 0 saturated carbocycles. The molecule has 0 unspecified atom stereocenters. The van der Waals surface area contributed by atoms with Gasteiger partial charge in [-0.3, -0.25) is 0 Å². The Morgan fingerprint density at radius 2 is 0.857 bits per heavy atom. The highest BCUT2D eigenvalue weighted by Gasteiger charge is 2.24. The van der Waals surface area contributed by atoms with Crippen LogP contribution in [0.3, 0.4) is 0 Å². The zero-order valence-electron chi connectivity index (χ0n) is 26.6. The van der Waals surface area contributed by atoms with E-state index in [4.69, 9.17) is 5.10 Å². The Hall–Kier alpha value is -6.72. The van der Waals surface area contributed by atoms with Crippen molar-refractivity contribution in [3.63, 3.8) is 0 Å². The summed E-state index contributed by atoms with van der Waals surface area (Å²) in [5.74, 6) is 0. The minimum Gasteiger partial charge on any atom is -0.307 e. The number of rotatable bonds is 5. The van der Waals surface area contributed by atoms with Crippen LogP contribution in [0.2, 0.25) is 0 Å². The van der Waals surface area contributed by atoms with E-state index in [1.807, 2.05) is 35.3 Å². The molecule has 7 aromatic carbocycles. The molecule has 0 N–H and O–H groups in total. The lowest BCUT2D eigenvalue weighted by Gasteiger charge is -2.13. The lowest BCUT2D eigenvalue weighted by molar-refractivity contribution is -0.730. The second-order valence-corrected chi connectivity index (χ2v) is 12.3. The standard InChI is InChI=1S/C44H30N5/c1-4-14-32(15-5-1)46-40-22-12-10-20-36(40)38-28-29-39-37-21-11-13-23-41(37)47(44(39)43(38)46)33-26-24-31(25-27-33)42-30-45-49(35-18-8-3-9-19-35)48(42)34-16-6-2-7-17-34/h1-30H/q+1. The van der Waals surface area contributed by atoms with Gasteiger partial charge in [-0.2, -0.15) is 0 Å². The van der Waals surface area contributed by atoms with Crippen molar-refractivity contribution in [2.75, 3.05) is 0 Å². The van der Waals surface area contributed by atoms with Gasteiger partial charge in [0.25, 0.3) is 5.69 Å². The fourth-order valence-corrected chi connectivity index (χ4v) is 7.47. The number of nitrogens with zero attached hydrogens (tertiary/aromatic N) is 5. The lowest BCUT2D eigenvalue weighted by atomic mass is 10.1. The molecule has 3 heterocycles. The van der Waals surface area contributed by atoms with Gasteiger partial charge in [-0.05, 0) is 48.5 Å². The van der Waals surface area contributed by atoms with E-state index in [1.54, 1.807) is 0 Å². The molecular weight excluding hydrogens is 599 g/mol. The Morgan fingerprint density at radius 3 is 1.43 bits per heavy atom. The topological polar surface area (TPSA) is 31.6 Å². The molecule has 0 amide bonds. The Kier molecular flexibility index (Phi) is 6.11. The predicted octanol–water partition coefficient (Wildman–Crippen LogP) is 10.0. The summed E-state index contributed by atoms with van der Waals surface area (Å²) in [6.45, 7) is 0. The maximum atomic E-state index is 4.86. The van der Waals surface area contributed by atoms with Gasteiger partial charge in [0.05, 0.1) is 22.1 Å². The van der Waals surface area contributed by atoms with E-state index < -0.39 is 0 Å². The number of hydrogen-bond acceptors (Lipinski definition) is 1. The van der Waals surface area contributed by atoms with Crippen LogP contribution in [0, 0.1) is 0 Å². The Labute approximate surface area is 282 Å². The molecule has 0 aliphatic rings. The molecule has 0 atom stereocenters. The first kappa shape index (κ1) is 27.4. The van der Waals surface area contributed by atoms with Crippen molar-refractivity contribution in [1.82, 2.24) is 18.9 Å². The molecule has 10 aromatic rings. The quantitative estimate of drug-likeness (QED) is 0.175. The molecule has 0 spiro atoms. The highest BCUT2D eigenvalue weighted by Crippen LogP contribution is 2.41. The molecule has 10 rings (SSSR count). The summed E-state index contributed by atoms with van der Waals surface area (Å²) < 4.78 is 7.04. The third-order valence-electron chi connectivity index (χ3n) is 9.60. The van der Waals surface area contributed by atoms with Gasteiger partial charge in [-0.1, -0.05) is 120 Å². The van der Waals surface area contributed by atoms with E-state index in [0.717, 1.165) is 34.0 Å². The summed E-state index contributed by atoms with van der Waals surface area (Å²) in [6, 6.07) is 62.4. The first-order chi connectivity index (χ1) is 24.3. The van der Waals surface area contributed by atoms with E-state index >= 15 is 0 Å². The monoisotopic (exact) mass is 628 g/mol. The molecule has 5 heteroatoms. The van der Waals surface area contributed by atoms with Gasteiger partial charge < -0.3 is 9.13 Å². The predicted molar refractivity (Wildman–Crippen MR) is 199 cm³/mol. The number of fused-ring (bicyclic) bond motifs is 7. The Balaban J connectivity index is 1.23. The van der Waals surface area contributed by atoms with Crippen LogP contribution in [-0.2, 0) is 0 Å². The highest BCUT2D eigenvalue weighted by atomic mass is 15.5. The summed E-state index contributed by atoms with van der Waals surface area (Å²) in [5, 5.41) is 9.82. The molecule has 230 valence electrons. The fraction of sp³-hybridized carbons (Fsp3) is 0. The van der Waals surface area contributed by atoms with E-state index in [0.29, 0.717) is 0 Å². The van der Waals surface area contributed by atoms with E-state index in [-0.39, 0.29) is 0 Å². The highest BCUT2D eigenvalue weighted by molar-refractivity contribution is 6.23. The summed E-state index contributed by atoms with van der Waals surface area (Å²) in [7, 11) is 0. The van der Waals surface area contributed by atoms with Gasteiger partial charge in [-0.15, -0.1) is 0 Å². The van der Waals surface area contributed by atoms with Crippen LogP contribution in [0.1, 0.15) is 0 Å². The lowest BCUT2D eigenvalue weighted by Crippen LogP contribution is -2.42. The van der Waals surface area contributed by atoms with Crippen molar-refractivity contribution in [2.24, 2.45) is 0 Å². The zero-order valence-corrected chi connectivity index (χ0v) is 26.6. The molecule has 0 saturated heterocycles.